The smallest absolute Gasteiger partial charge is 0.310 e. The number of carbonyl (C=O) groups is 2. The van der Waals surface area contributed by atoms with Crippen LogP contribution in [0.15, 0.2) is 0 Å². The Hall–Kier alpha value is -0.328. The van der Waals surface area contributed by atoms with Crippen LogP contribution in [0.25, 0.3) is 0 Å². The van der Waals surface area contributed by atoms with Crippen LogP contribution in [0.4, 0.5) is 0 Å². The van der Waals surface area contributed by atoms with Crippen molar-refractivity contribution >= 4 is 28.0 Å². The van der Waals surface area contributed by atoms with Gasteiger partial charge in [0.05, 0.1) is 0 Å². The van der Waals surface area contributed by atoms with Crippen LogP contribution in [0.1, 0.15) is 27.2 Å². The van der Waals surface area contributed by atoms with E-state index in [9.17, 15) is 9.59 Å². The van der Waals surface area contributed by atoms with Gasteiger partial charge in [-0.1, -0.05) is 13.8 Å². The molecule has 0 atom stereocenters. The van der Waals surface area contributed by atoms with E-state index in [1.807, 2.05) is 0 Å². The molecule has 0 aliphatic heterocycles. The van der Waals surface area contributed by atoms with Crippen LogP contribution in [0.3, 0.4) is 0 Å². The van der Waals surface area contributed by atoms with Crippen LogP contribution < -0.4 is 0 Å². The van der Waals surface area contributed by atoms with Crippen molar-refractivity contribution in [2.75, 3.05) is 0 Å². The molecule has 0 saturated carbocycles. The zero-order valence-electron chi connectivity index (χ0n) is 7.13. The maximum absolute atomic E-state index is 9.87. The van der Waals surface area contributed by atoms with E-state index in [4.69, 9.17) is 5.11 Å². The summed E-state index contributed by atoms with van der Waals surface area (Å²) in [7, 11) is 0. The monoisotopic (exact) mass is 172 g/mol. The van der Waals surface area contributed by atoms with Gasteiger partial charge in [0.15, 0.2) is 0 Å². The molecule has 0 aromatic rings. The molecule has 62 valence electrons. The second kappa shape index (κ2) is 7.78. The van der Waals surface area contributed by atoms with Gasteiger partial charge in [-0.25, -0.2) is 0 Å². The zero-order valence-corrected chi connectivity index (χ0v) is 8.28. The quantitative estimate of drug-likeness (QED) is 0.500. The fraction of sp³-hybridized carbons (Fsp3) is 0.714. The lowest BCUT2D eigenvalue weighted by molar-refractivity contribution is -0.139. The van der Waals surface area contributed by atoms with Crippen LogP contribution in [0.2, 0.25) is 4.78 Å². The van der Waals surface area contributed by atoms with E-state index < -0.39 is 5.97 Å². The fourth-order valence-corrected chi connectivity index (χ4v) is 0.213. The fourth-order valence-electron chi connectivity index (χ4n) is 0.213. The highest BCUT2D eigenvalue weighted by atomic mass is 27.0. The largest absolute Gasteiger partial charge is 0.481 e. The Morgan fingerprint density at radius 2 is 1.73 bits per heavy atom. The lowest BCUT2D eigenvalue weighted by atomic mass is 10.3. The van der Waals surface area contributed by atoms with Gasteiger partial charge in [-0.15, -0.1) is 4.78 Å². The average molecular weight is 172 g/mol. The van der Waals surface area contributed by atoms with Gasteiger partial charge in [-0.3, -0.25) is 9.59 Å². The van der Waals surface area contributed by atoms with E-state index in [1.165, 1.54) is 6.92 Å². The minimum absolute atomic E-state index is 0.312. The van der Waals surface area contributed by atoms with Crippen molar-refractivity contribution in [3.05, 3.63) is 0 Å². The van der Waals surface area contributed by atoms with Gasteiger partial charge >= 0.3 is 5.97 Å². The standard InChI is InChI=1S/C4H6O3.C3H7.Al/c1-3(5)2-4(6)7;1-3-2;/h2H2,1H3,(H,6,7);3H,1-2H3;. The van der Waals surface area contributed by atoms with Crippen LogP contribution in [-0.4, -0.2) is 33.1 Å². The molecule has 0 bridgehead atoms. The summed E-state index contributed by atoms with van der Waals surface area (Å²) in [5.74, 6) is -1.37. The number of carbonyl (C=O) groups excluding carboxylic acids is 1. The predicted octanol–water partition coefficient (Wildman–Crippen LogP) is 1.03. The lowest BCUT2D eigenvalue weighted by Gasteiger charge is -1.80. The van der Waals surface area contributed by atoms with E-state index in [1.54, 1.807) is 0 Å². The highest BCUT2D eigenvalue weighted by Crippen LogP contribution is 1.84. The molecule has 0 spiro atoms. The SMILES string of the molecule is CC(=O)CC(=O)O.C[CH](C)[Al]. The number of aliphatic carboxylic acids is 1. The summed E-state index contributed by atoms with van der Waals surface area (Å²) in [6.45, 7) is 5.50. The van der Waals surface area contributed by atoms with Crippen molar-refractivity contribution in [2.24, 2.45) is 0 Å². The van der Waals surface area contributed by atoms with Gasteiger partial charge < -0.3 is 5.11 Å². The van der Waals surface area contributed by atoms with Gasteiger partial charge in [-0.05, 0) is 6.92 Å². The summed E-state index contributed by atoms with van der Waals surface area (Å²) >= 11 is 2.66. The second-order valence-corrected chi connectivity index (χ2v) is 3.85. The highest BCUT2D eigenvalue weighted by Gasteiger charge is 1.98. The minimum atomic E-state index is -1.06. The van der Waals surface area contributed by atoms with Gasteiger partial charge in [0.2, 0.25) is 0 Å². The van der Waals surface area contributed by atoms with Crippen LogP contribution in [-0.2, 0) is 9.59 Å². The third kappa shape index (κ3) is 42.2. The maximum atomic E-state index is 9.87. The number of hydrogen-bond donors (Lipinski definition) is 1. The van der Waals surface area contributed by atoms with Crippen molar-refractivity contribution in [3.63, 3.8) is 0 Å². The molecular formula is C7H13AlO3. The number of Topliss-reactive ketones (excluding diaryl/α,β-unsaturated/α-hetero) is 1. The van der Waals surface area contributed by atoms with E-state index in [2.05, 4.69) is 30.1 Å². The Kier molecular flexibility index (Phi) is 9.38. The number of hydrogen-bond acceptors (Lipinski definition) is 2. The molecule has 0 aliphatic rings. The van der Waals surface area contributed by atoms with Crippen molar-refractivity contribution in [3.8, 4) is 0 Å². The Morgan fingerprint density at radius 1 is 1.45 bits per heavy atom. The Labute approximate surface area is 75.2 Å². The molecule has 0 saturated heterocycles. The number of ketones is 1. The van der Waals surface area contributed by atoms with Gasteiger partial charge in [0.25, 0.3) is 0 Å². The molecule has 0 aromatic heterocycles. The third-order valence-corrected chi connectivity index (χ3v) is 0.400. The summed E-state index contributed by atoms with van der Waals surface area (Å²) in [6, 6.07) is 0. The third-order valence-electron chi connectivity index (χ3n) is 0.400. The molecule has 3 nitrogen and oxygen atoms in total. The first kappa shape index (κ1) is 13.3. The first-order valence-electron chi connectivity index (χ1n) is 3.33. The molecule has 0 aliphatic carbocycles. The molecule has 0 rings (SSSR count). The predicted molar refractivity (Wildman–Crippen MR) is 43.8 cm³/mol. The Balaban J connectivity index is 0. The molecule has 1 N–H and O–H groups in total. The Bertz CT molecular complexity index is 117. The first-order chi connectivity index (χ1) is 4.86. The van der Waals surface area contributed by atoms with Crippen molar-refractivity contribution in [1.29, 1.82) is 0 Å². The van der Waals surface area contributed by atoms with Crippen molar-refractivity contribution in [2.45, 2.75) is 32.0 Å². The molecule has 2 radical (unpaired) electrons. The maximum Gasteiger partial charge on any atom is 0.310 e. The summed E-state index contributed by atoms with van der Waals surface area (Å²) in [4.78, 5) is 19.5. The van der Waals surface area contributed by atoms with E-state index in [-0.39, 0.29) is 12.2 Å². The summed E-state index contributed by atoms with van der Waals surface area (Å²) in [5, 5.41) is 7.86. The molecular weight excluding hydrogens is 159 g/mol. The van der Waals surface area contributed by atoms with Crippen LogP contribution in [0.5, 0.6) is 0 Å². The molecule has 0 unspecified atom stereocenters. The van der Waals surface area contributed by atoms with Gasteiger partial charge in [0, 0.05) is 0 Å². The zero-order chi connectivity index (χ0) is 9.44. The summed E-state index contributed by atoms with van der Waals surface area (Å²) < 4.78 is 0.750. The Morgan fingerprint density at radius 3 is 1.73 bits per heavy atom. The van der Waals surface area contributed by atoms with Crippen LogP contribution >= 0.6 is 0 Å². The second-order valence-electron chi connectivity index (χ2n) is 2.52. The molecule has 0 heterocycles. The van der Waals surface area contributed by atoms with Crippen molar-refractivity contribution in [1.82, 2.24) is 0 Å². The van der Waals surface area contributed by atoms with Gasteiger partial charge in [0.1, 0.15) is 28.5 Å². The summed E-state index contributed by atoms with van der Waals surface area (Å²) in [5.41, 5.74) is 0. The van der Waals surface area contributed by atoms with Gasteiger partial charge in [-0.2, -0.15) is 0 Å². The van der Waals surface area contributed by atoms with Crippen LogP contribution in [0, 0.1) is 0 Å². The highest BCUT2D eigenvalue weighted by molar-refractivity contribution is 6.10. The molecule has 11 heavy (non-hydrogen) atoms. The van der Waals surface area contributed by atoms with E-state index >= 15 is 0 Å². The molecule has 0 amide bonds. The minimum Gasteiger partial charge on any atom is -0.481 e. The topological polar surface area (TPSA) is 54.4 Å². The number of rotatable bonds is 2. The normalized spacial score (nSPS) is 8.36. The van der Waals surface area contributed by atoms with E-state index in [0.717, 1.165) is 4.78 Å². The average Bonchev–Trinajstić information content (AvgIpc) is 1.56. The number of carboxylic acids is 1. The first-order valence-corrected chi connectivity index (χ1v) is 3.99. The molecule has 0 fully saturated rings. The molecule has 4 heteroatoms. The van der Waals surface area contributed by atoms with Crippen molar-refractivity contribution < 1.29 is 14.7 Å². The lowest BCUT2D eigenvalue weighted by Crippen LogP contribution is -2.00. The van der Waals surface area contributed by atoms with E-state index in [0.29, 0.717) is 0 Å². The molecule has 0 aromatic carbocycles. The number of carboxylic acid groups (broad SMARTS) is 1. The summed E-state index contributed by atoms with van der Waals surface area (Å²) in [6.07, 6.45) is -0.361.